The van der Waals surface area contributed by atoms with Crippen molar-refractivity contribution in [3.05, 3.63) is 106 Å². The fourth-order valence-corrected chi connectivity index (χ4v) is 5.76. The molecule has 0 bridgehead atoms. The van der Waals surface area contributed by atoms with Gasteiger partial charge in [-0.15, -0.1) is 11.8 Å². The maximum Gasteiger partial charge on any atom is 0.243 e. The number of carbonyl (C=O) groups is 2. The average Bonchev–Trinajstić information content (AvgIpc) is 3.42. The number of benzene rings is 3. The van der Waals surface area contributed by atoms with Crippen molar-refractivity contribution in [3.63, 3.8) is 0 Å². The molecule has 0 aliphatic heterocycles. The lowest BCUT2D eigenvalue weighted by atomic mass is 10.0. The third-order valence-corrected chi connectivity index (χ3v) is 8.16. The Kier molecular flexibility index (Phi) is 10.2. The zero-order chi connectivity index (χ0) is 26.0. The lowest BCUT2D eigenvalue weighted by Gasteiger charge is -2.32. The topological polar surface area (TPSA) is 49.4 Å². The smallest absolute Gasteiger partial charge is 0.243 e. The standard InChI is InChI=1S/C30H32BrFN2O2S/c31-25-14-10-23(11-15-25)19-34(29(35)21-37-20-24-12-16-26(32)17-13-24)28(18-22-6-2-1-3-7-22)30(36)33-27-8-4-5-9-27/h1-3,6-7,10-17,27-28H,4-5,8-9,18-21H2,(H,33,36)/t28-/m1/s1. The molecular weight excluding hydrogens is 551 g/mol. The summed E-state index contributed by atoms with van der Waals surface area (Å²) in [6.07, 6.45) is 4.66. The Labute approximate surface area is 231 Å². The van der Waals surface area contributed by atoms with Crippen molar-refractivity contribution >= 4 is 39.5 Å². The van der Waals surface area contributed by atoms with E-state index in [-0.39, 0.29) is 29.4 Å². The van der Waals surface area contributed by atoms with Gasteiger partial charge in [-0.2, -0.15) is 0 Å². The first-order valence-electron chi connectivity index (χ1n) is 12.7. The normalized spacial score (nSPS) is 14.3. The van der Waals surface area contributed by atoms with Gasteiger partial charge in [-0.25, -0.2) is 4.39 Å². The van der Waals surface area contributed by atoms with Crippen LogP contribution in [0, 0.1) is 5.82 Å². The van der Waals surface area contributed by atoms with Crippen molar-refractivity contribution in [2.75, 3.05) is 5.75 Å². The monoisotopic (exact) mass is 582 g/mol. The van der Waals surface area contributed by atoms with Crippen molar-refractivity contribution in [2.45, 2.75) is 56.5 Å². The molecule has 1 atom stereocenters. The van der Waals surface area contributed by atoms with E-state index in [0.29, 0.717) is 18.7 Å². The van der Waals surface area contributed by atoms with E-state index in [9.17, 15) is 14.0 Å². The summed E-state index contributed by atoms with van der Waals surface area (Å²) >= 11 is 4.95. The van der Waals surface area contributed by atoms with Gasteiger partial charge in [-0.05, 0) is 53.8 Å². The summed E-state index contributed by atoms with van der Waals surface area (Å²) in [4.78, 5) is 29.1. The molecule has 4 rings (SSSR count). The molecule has 4 nitrogen and oxygen atoms in total. The number of rotatable bonds is 11. The van der Waals surface area contributed by atoms with Gasteiger partial charge < -0.3 is 10.2 Å². The van der Waals surface area contributed by atoms with E-state index < -0.39 is 6.04 Å². The number of nitrogens with one attached hydrogen (secondary N) is 1. The second-order valence-corrected chi connectivity index (χ2v) is 11.4. The summed E-state index contributed by atoms with van der Waals surface area (Å²) in [6.45, 7) is 0.346. The third-order valence-electron chi connectivity index (χ3n) is 6.65. The summed E-state index contributed by atoms with van der Waals surface area (Å²) in [5, 5.41) is 3.23. The van der Waals surface area contributed by atoms with Crippen LogP contribution in [0.5, 0.6) is 0 Å². The van der Waals surface area contributed by atoms with E-state index in [1.807, 2.05) is 54.6 Å². The predicted octanol–water partition coefficient (Wildman–Crippen LogP) is 6.52. The molecule has 1 N–H and O–H groups in total. The number of amides is 2. The van der Waals surface area contributed by atoms with E-state index in [0.717, 1.165) is 46.8 Å². The van der Waals surface area contributed by atoms with Gasteiger partial charge in [-0.3, -0.25) is 9.59 Å². The van der Waals surface area contributed by atoms with Crippen LogP contribution in [-0.2, 0) is 28.3 Å². The predicted molar refractivity (Wildman–Crippen MR) is 152 cm³/mol. The first-order chi connectivity index (χ1) is 18.0. The van der Waals surface area contributed by atoms with Gasteiger partial charge in [0.1, 0.15) is 11.9 Å². The van der Waals surface area contributed by atoms with E-state index in [1.165, 1.54) is 23.9 Å². The third kappa shape index (κ3) is 8.44. The van der Waals surface area contributed by atoms with Gasteiger partial charge in [0, 0.05) is 29.2 Å². The molecule has 1 aliphatic rings. The molecule has 0 radical (unpaired) electrons. The zero-order valence-corrected chi connectivity index (χ0v) is 23.1. The summed E-state index contributed by atoms with van der Waals surface area (Å²) in [7, 11) is 0. The van der Waals surface area contributed by atoms with E-state index in [2.05, 4.69) is 21.2 Å². The van der Waals surface area contributed by atoms with Crippen molar-refractivity contribution in [2.24, 2.45) is 0 Å². The Morgan fingerprint density at radius 2 is 1.57 bits per heavy atom. The molecule has 0 spiro atoms. The highest BCUT2D eigenvalue weighted by Gasteiger charge is 2.32. The number of nitrogens with zero attached hydrogens (tertiary/aromatic N) is 1. The van der Waals surface area contributed by atoms with E-state index in [4.69, 9.17) is 0 Å². The number of hydrogen-bond donors (Lipinski definition) is 1. The second kappa shape index (κ2) is 13.8. The van der Waals surface area contributed by atoms with Gasteiger partial charge in [-0.1, -0.05) is 83.4 Å². The first-order valence-corrected chi connectivity index (χ1v) is 14.6. The molecule has 37 heavy (non-hydrogen) atoms. The number of halogens is 2. The maximum atomic E-state index is 13.7. The lowest BCUT2D eigenvalue weighted by Crippen LogP contribution is -2.52. The van der Waals surface area contributed by atoms with E-state index >= 15 is 0 Å². The molecule has 0 saturated heterocycles. The molecule has 1 aliphatic carbocycles. The molecule has 1 saturated carbocycles. The molecule has 1 fully saturated rings. The highest BCUT2D eigenvalue weighted by atomic mass is 79.9. The molecular formula is C30H32BrFN2O2S. The van der Waals surface area contributed by atoms with Gasteiger partial charge in [0.05, 0.1) is 5.75 Å². The minimum atomic E-state index is -0.620. The Morgan fingerprint density at radius 1 is 0.919 bits per heavy atom. The van der Waals surface area contributed by atoms with Crippen molar-refractivity contribution in [1.82, 2.24) is 10.2 Å². The molecule has 0 aromatic heterocycles. The van der Waals surface area contributed by atoms with Crippen LogP contribution in [0.25, 0.3) is 0 Å². The Bertz CT molecular complexity index is 1150. The highest BCUT2D eigenvalue weighted by Crippen LogP contribution is 2.22. The van der Waals surface area contributed by atoms with Crippen LogP contribution in [0.1, 0.15) is 42.4 Å². The fourth-order valence-electron chi connectivity index (χ4n) is 4.63. The summed E-state index contributed by atoms with van der Waals surface area (Å²) in [6, 6.07) is 23.6. The summed E-state index contributed by atoms with van der Waals surface area (Å²) < 4.78 is 14.2. The minimum Gasteiger partial charge on any atom is -0.352 e. The van der Waals surface area contributed by atoms with Crippen LogP contribution in [0.4, 0.5) is 4.39 Å². The maximum absolute atomic E-state index is 13.7. The lowest BCUT2D eigenvalue weighted by molar-refractivity contribution is -0.139. The largest absolute Gasteiger partial charge is 0.352 e. The van der Waals surface area contributed by atoms with Crippen molar-refractivity contribution in [3.8, 4) is 0 Å². The first kappa shape index (κ1) is 27.4. The summed E-state index contributed by atoms with van der Waals surface area (Å²) in [5.74, 6) is 0.371. The highest BCUT2D eigenvalue weighted by molar-refractivity contribution is 9.10. The molecule has 0 heterocycles. The van der Waals surface area contributed by atoms with Crippen molar-refractivity contribution in [1.29, 1.82) is 0 Å². The fraction of sp³-hybridized carbons (Fsp3) is 0.333. The van der Waals surface area contributed by atoms with Crippen LogP contribution in [0.2, 0.25) is 0 Å². The van der Waals surface area contributed by atoms with Crippen molar-refractivity contribution < 1.29 is 14.0 Å². The second-order valence-electron chi connectivity index (χ2n) is 9.46. The average molecular weight is 584 g/mol. The molecule has 3 aromatic rings. The Hall–Kier alpha value is -2.64. The van der Waals surface area contributed by atoms with E-state index in [1.54, 1.807) is 17.0 Å². The Balaban J connectivity index is 1.55. The zero-order valence-electron chi connectivity index (χ0n) is 20.7. The van der Waals surface area contributed by atoms with Gasteiger partial charge in [0.2, 0.25) is 11.8 Å². The SMILES string of the molecule is O=C(NC1CCCC1)[C@@H](Cc1ccccc1)N(Cc1ccc(Br)cc1)C(=O)CSCc1ccc(F)cc1. The molecule has 194 valence electrons. The number of thioether (sulfide) groups is 1. The Morgan fingerprint density at radius 3 is 2.24 bits per heavy atom. The van der Waals surface area contributed by atoms with Crippen LogP contribution in [0.15, 0.2) is 83.3 Å². The van der Waals surface area contributed by atoms with Crippen LogP contribution in [0.3, 0.4) is 0 Å². The van der Waals surface area contributed by atoms with Gasteiger partial charge in [0.25, 0.3) is 0 Å². The van der Waals surface area contributed by atoms with Crippen LogP contribution < -0.4 is 5.32 Å². The van der Waals surface area contributed by atoms with Crippen LogP contribution in [-0.4, -0.2) is 34.6 Å². The number of carbonyl (C=O) groups excluding carboxylic acids is 2. The van der Waals surface area contributed by atoms with Gasteiger partial charge in [0.15, 0.2) is 0 Å². The molecule has 7 heteroatoms. The minimum absolute atomic E-state index is 0.0856. The number of hydrogen-bond acceptors (Lipinski definition) is 3. The molecule has 0 unspecified atom stereocenters. The molecule has 2 amide bonds. The van der Waals surface area contributed by atoms with Gasteiger partial charge >= 0.3 is 0 Å². The quantitative estimate of drug-likeness (QED) is 0.280. The summed E-state index contributed by atoms with van der Waals surface area (Å²) in [5.41, 5.74) is 2.94. The van der Waals surface area contributed by atoms with Crippen LogP contribution >= 0.6 is 27.7 Å². The molecule has 3 aromatic carbocycles.